The van der Waals surface area contributed by atoms with Crippen LogP contribution in [0.5, 0.6) is 0 Å². The van der Waals surface area contributed by atoms with Crippen LogP contribution in [0.4, 0.5) is 0 Å². The Balaban J connectivity index is 2.01. The van der Waals surface area contributed by atoms with Gasteiger partial charge in [-0.1, -0.05) is 55.6 Å². The first kappa shape index (κ1) is 15.8. The van der Waals surface area contributed by atoms with Crippen molar-refractivity contribution in [2.75, 3.05) is 0 Å². The van der Waals surface area contributed by atoms with Crippen molar-refractivity contribution >= 4 is 32.4 Å². The molecule has 1 saturated carbocycles. The van der Waals surface area contributed by atoms with Crippen LogP contribution in [0.25, 0.3) is 10.8 Å². The Hall–Kier alpha value is -1.10. The lowest BCUT2D eigenvalue weighted by Gasteiger charge is -2.29. The van der Waals surface area contributed by atoms with Gasteiger partial charge < -0.3 is 0 Å². The van der Waals surface area contributed by atoms with Gasteiger partial charge >= 0.3 is 0 Å². The van der Waals surface area contributed by atoms with E-state index in [-0.39, 0.29) is 6.04 Å². The molecule has 0 amide bonds. The lowest BCUT2D eigenvalue weighted by molar-refractivity contribution is 0.310. The van der Waals surface area contributed by atoms with Crippen molar-refractivity contribution in [2.24, 2.45) is 5.92 Å². The van der Waals surface area contributed by atoms with Gasteiger partial charge in [0.2, 0.25) is 10.0 Å². The van der Waals surface area contributed by atoms with E-state index in [0.717, 1.165) is 24.6 Å². The third-order valence-electron chi connectivity index (χ3n) is 4.54. The Morgan fingerprint density at radius 1 is 1.05 bits per heavy atom. The minimum absolute atomic E-state index is 0.0215. The summed E-state index contributed by atoms with van der Waals surface area (Å²) in [6.07, 6.45) is 4.25. The van der Waals surface area contributed by atoms with E-state index in [2.05, 4.69) is 11.6 Å². The van der Waals surface area contributed by atoms with Crippen molar-refractivity contribution in [2.45, 2.75) is 43.5 Å². The molecule has 5 heteroatoms. The normalized spacial score (nSPS) is 22.8. The zero-order valence-corrected chi connectivity index (χ0v) is 14.1. The minimum atomic E-state index is -3.54. The van der Waals surface area contributed by atoms with E-state index in [0.29, 0.717) is 21.2 Å². The summed E-state index contributed by atoms with van der Waals surface area (Å²) < 4.78 is 28.5. The van der Waals surface area contributed by atoms with Crippen LogP contribution < -0.4 is 4.72 Å². The number of nitrogens with one attached hydrogen (secondary N) is 1. The fourth-order valence-electron chi connectivity index (χ4n) is 3.22. The van der Waals surface area contributed by atoms with Crippen molar-refractivity contribution < 1.29 is 8.42 Å². The van der Waals surface area contributed by atoms with Gasteiger partial charge in [-0.3, -0.25) is 0 Å². The molecule has 0 heterocycles. The Kier molecular flexibility index (Phi) is 4.44. The topological polar surface area (TPSA) is 46.2 Å². The van der Waals surface area contributed by atoms with E-state index < -0.39 is 10.0 Å². The number of fused-ring (bicyclic) bond motifs is 1. The van der Waals surface area contributed by atoms with Gasteiger partial charge in [-0.15, -0.1) is 0 Å². The van der Waals surface area contributed by atoms with Gasteiger partial charge in [-0.25, -0.2) is 13.1 Å². The second-order valence-corrected chi connectivity index (χ2v) is 8.17. The van der Waals surface area contributed by atoms with E-state index in [1.165, 1.54) is 6.42 Å². The lowest BCUT2D eigenvalue weighted by Crippen LogP contribution is -2.41. The maximum Gasteiger partial charge on any atom is 0.241 e. The summed E-state index contributed by atoms with van der Waals surface area (Å²) in [6.45, 7) is 2.12. The van der Waals surface area contributed by atoms with Gasteiger partial charge in [0.15, 0.2) is 0 Å². The molecule has 22 heavy (non-hydrogen) atoms. The van der Waals surface area contributed by atoms with E-state index in [1.807, 2.05) is 18.2 Å². The molecule has 2 aromatic rings. The molecule has 0 saturated heterocycles. The molecule has 1 aliphatic carbocycles. The van der Waals surface area contributed by atoms with Gasteiger partial charge in [0.05, 0.1) is 4.90 Å². The summed E-state index contributed by atoms with van der Waals surface area (Å²) in [7, 11) is -3.54. The first-order valence-electron chi connectivity index (χ1n) is 7.68. The third kappa shape index (κ3) is 3.00. The zero-order valence-electron chi connectivity index (χ0n) is 12.5. The second kappa shape index (κ2) is 6.19. The fourth-order valence-corrected chi connectivity index (χ4v) is 5.04. The van der Waals surface area contributed by atoms with Crippen molar-refractivity contribution in [3.63, 3.8) is 0 Å². The van der Waals surface area contributed by atoms with Gasteiger partial charge in [-0.2, -0.15) is 0 Å². The third-order valence-corrected chi connectivity index (χ3v) is 6.42. The first-order valence-corrected chi connectivity index (χ1v) is 9.55. The van der Waals surface area contributed by atoms with E-state index in [9.17, 15) is 8.42 Å². The highest BCUT2D eigenvalue weighted by Crippen LogP contribution is 2.30. The van der Waals surface area contributed by atoms with Crippen LogP contribution in [-0.2, 0) is 10.0 Å². The van der Waals surface area contributed by atoms with Crippen LogP contribution in [0.1, 0.15) is 32.6 Å². The molecule has 0 bridgehead atoms. The summed E-state index contributed by atoms with van der Waals surface area (Å²) in [6, 6.07) is 10.6. The Morgan fingerprint density at radius 2 is 1.73 bits per heavy atom. The Bertz CT molecular complexity index is 788. The average molecular weight is 338 g/mol. The van der Waals surface area contributed by atoms with E-state index in [1.54, 1.807) is 18.2 Å². The molecule has 0 radical (unpaired) electrons. The largest absolute Gasteiger partial charge is 0.241 e. The van der Waals surface area contributed by atoms with Gasteiger partial charge in [0.1, 0.15) is 0 Å². The predicted octanol–water partition coefficient (Wildman–Crippen LogP) is 4.35. The number of halogens is 1. The van der Waals surface area contributed by atoms with Crippen LogP contribution in [0, 0.1) is 5.92 Å². The summed E-state index contributed by atoms with van der Waals surface area (Å²) in [5, 5.41) is 2.01. The molecule has 2 atom stereocenters. The van der Waals surface area contributed by atoms with Crippen LogP contribution in [-0.4, -0.2) is 14.5 Å². The molecule has 1 fully saturated rings. The van der Waals surface area contributed by atoms with Gasteiger partial charge in [0, 0.05) is 21.8 Å². The lowest BCUT2D eigenvalue weighted by atomic mass is 9.87. The van der Waals surface area contributed by atoms with E-state index >= 15 is 0 Å². The molecule has 0 aromatic heterocycles. The maximum absolute atomic E-state index is 12.8. The van der Waals surface area contributed by atoms with Crippen molar-refractivity contribution in [1.29, 1.82) is 0 Å². The number of rotatable bonds is 3. The molecule has 3 rings (SSSR count). The Labute approximate surface area is 136 Å². The van der Waals surface area contributed by atoms with Gasteiger partial charge in [-0.05, 0) is 30.9 Å². The van der Waals surface area contributed by atoms with Crippen LogP contribution in [0.3, 0.4) is 0 Å². The average Bonchev–Trinajstić information content (AvgIpc) is 2.50. The SMILES string of the molecule is C[C@H]1CCCC[C@@H]1NS(=O)(=O)c1ccc(Cl)c2ccccc12. The monoisotopic (exact) mass is 337 g/mol. The minimum Gasteiger partial charge on any atom is -0.208 e. The summed E-state index contributed by atoms with van der Waals surface area (Å²) >= 11 is 6.18. The van der Waals surface area contributed by atoms with Crippen molar-refractivity contribution in [3.8, 4) is 0 Å². The Morgan fingerprint density at radius 3 is 2.45 bits per heavy atom. The summed E-state index contributed by atoms with van der Waals surface area (Å²) in [5.74, 6) is 0.377. The fraction of sp³-hybridized carbons (Fsp3) is 0.412. The number of hydrogen-bond donors (Lipinski definition) is 1. The molecular formula is C17H20ClNO2S. The van der Waals surface area contributed by atoms with Crippen molar-refractivity contribution in [3.05, 3.63) is 41.4 Å². The van der Waals surface area contributed by atoms with Gasteiger partial charge in [0.25, 0.3) is 0 Å². The quantitative estimate of drug-likeness (QED) is 0.905. The highest BCUT2D eigenvalue weighted by molar-refractivity contribution is 7.89. The number of sulfonamides is 1. The second-order valence-electron chi connectivity index (χ2n) is 6.08. The smallest absolute Gasteiger partial charge is 0.208 e. The summed E-state index contributed by atoms with van der Waals surface area (Å²) in [4.78, 5) is 0.310. The molecule has 3 nitrogen and oxygen atoms in total. The van der Waals surface area contributed by atoms with Crippen LogP contribution in [0.15, 0.2) is 41.3 Å². The highest BCUT2D eigenvalue weighted by atomic mass is 35.5. The van der Waals surface area contributed by atoms with Crippen LogP contribution in [0.2, 0.25) is 5.02 Å². The molecule has 0 unspecified atom stereocenters. The molecule has 0 aliphatic heterocycles. The van der Waals surface area contributed by atoms with E-state index in [4.69, 9.17) is 11.6 Å². The molecule has 1 aliphatic rings. The number of benzene rings is 2. The maximum atomic E-state index is 12.8. The molecule has 118 valence electrons. The molecule has 1 N–H and O–H groups in total. The standard InChI is InChI=1S/C17H20ClNO2S/c1-12-6-2-5-9-16(12)19-22(20,21)17-11-10-15(18)13-7-3-4-8-14(13)17/h3-4,7-8,10-12,16,19H,2,5-6,9H2,1H3/t12-,16-/m0/s1. The van der Waals surface area contributed by atoms with Crippen molar-refractivity contribution in [1.82, 2.24) is 4.72 Å². The number of hydrogen-bond acceptors (Lipinski definition) is 2. The first-order chi connectivity index (χ1) is 10.5. The summed E-state index contributed by atoms with van der Waals surface area (Å²) in [5.41, 5.74) is 0. The molecular weight excluding hydrogens is 318 g/mol. The molecule has 0 spiro atoms. The zero-order chi connectivity index (χ0) is 15.7. The molecule has 2 aromatic carbocycles. The van der Waals surface area contributed by atoms with Crippen LogP contribution >= 0.6 is 11.6 Å². The predicted molar refractivity (Wildman–Crippen MR) is 90.7 cm³/mol. The highest BCUT2D eigenvalue weighted by Gasteiger charge is 2.27.